The van der Waals surface area contributed by atoms with E-state index < -0.39 is 0 Å². The van der Waals surface area contributed by atoms with Crippen LogP contribution in [0.2, 0.25) is 0 Å². The molecule has 3 heteroatoms. The third-order valence-electron chi connectivity index (χ3n) is 4.27. The van der Waals surface area contributed by atoms with E-state index in [-0.39, 0.29) is 18.2 Å². The molecule has 0 saturated carbocycles. The van der Waals surface area contributed by atoms with E-state index in [2.05, 4.69) is 50.4 Å². The van der Waals surface area contributed by atoms with Crippen molar-refractivity contribution in [1.82, 2.24) is 5.32 Å². The molecule has 2 aromatic carbocycles. The summed E-state index contributed by atoms with van der Waals surface area (Å²) in [5.41, 5.74) is 0.981. The van der Waals surface area contributed by atoms with Crippen molar-refractivity contribution in [2.75, 3.05) is 13.7 Å². The second-order valence-electron chi connectivity index (χ2n) is 5.91. The first-order chi connectivity index (χ1) is 10.0. The molecule has 114 valence electrons. The number of hydrogen-bond acceptors (Lipinski definition) is 3. The molecule has 0 bridgehead atoms. The van der Waals surface area contributed by atoms with Gasteiger partial charge < -0.3 is 15.2 Å². The number of aliphatic hydroxyl groups is 1. The van der Waals surface area contributed by atoms with Crippen molar-refractivity contribution >= 4 is 10.8 Å². The molecule has 0 fully saturated rings. The van der Waals surface area contributed by atoms with Gasteiger partial charge in [-0.3, -0.25) is 0 Å². The van der Waals surface area contributed by atoms with Crippen molar-refractivity contribution in [2.24, 2.45) is 0 Å². The average Bonchev–Trinajstić information content (AvgIpc) is 2.53. The fraction of sp³-hybridized carbons (Fsp3) is 0.444. The van der Waals surface area contributed by atoms with E-state index in [9.17, 15) is 5.11 Å². The summed E-state index contributed by atoms with van der Waals surface area (Å²) in [6, 6.07) is 12.7. The van der Waals surface area contributed by atoms with Crippen molar-refractivity contribution in [1.29, 1.82) is 0 Å². The first kappa shape index (κ1) is 15.8. The minimum absolute atomic E-state index is 0.138. The van der Waals surface area contributed by atoms with Crippen molar-refractivity contribution in [3.63, 3.8) is 0 Å². The first-order valence-corrected chi connectivity index (χ1v) is 7.47. The Labute approximate surface area is 126 Å². The van der Waals surface area contributed by atoms with E-state index in [0.717, 1.165) is 12.2 Å². The van der Waals surface area contributed by atoms with E-state index in [0.29, 0.717) is 0 Å². The van der Waals surface area contributed by atoms with Crippen LogP contribution in [0.4, 0.5) is 0 Å². The van der Waals surface area contributed by atoms with Crippen LogP contribution in [0, 0.1) is 0 Å². The van der Waals surface area contributed by atoms with Crippen LogP contribution in [0.15, 0.2) is 36.4 Å². The van der Waals surface area contributed by atoms with Crippen LogP contribution in [0.5, 0.6) is 5.75 Å². The molecule has 2 unspecified atom stereocenters. The van der Waals surface area contributed by atoms with Crippen LogP contribution in [0.1, 0.15) is 38.8 Å². The predicted molar refractivity (Wildman–Crippen MR) is 87.8 cm³/mol. The Morgan fingerprint density at radius 3 is 2.48 bits per heavy atom. The van der Waals surface area contributed by atoms with Crippen LogP contribution in [0.3, 0.4) is 0 Å². The summed E-state index contributed by atoms with van der Waals surface area (Å²) in [4.78, 5) is 0. The summed E-state index contributed by atoms with van der Waals surface area (Å²) < 4.78 is 5.25. The fourth-order valence-electron chi connectivity index (χ4n) is 2.50. The second kappa shape index (κ2) is 6.46. The van der Waals surface area contributed by atoms with Crippen LogP contribution in [-0.2, 0) is 0 Å². The minimum atomic E-state index is -0.242. The van der Waals surface area contributed by atoms with Crippen LogP contribution in [0.25, 0.3) is 10.8 Å². The number of aliphatic hydroxyl groups excluding tert-OH is 1. The Kier molecular flexibility index (Phi) is 4.86. The van der Waals surface area contributed by atoms with Crippen LogP contribution < -0.4 is 10.1 Å². The molecular weight excluding hydrogens is 262 g/mol. The molecule has 3 nitrogen and oxygen atoms in total. The molecule has 21 heavy (non-hydrogen) atoms. The number of nitrogens with one attached hydrogen (secondary N) is 1. The van der Waals surface area contributed by atoms with Gasteiger partial charge in [-0.1, -0.05) is 25.1 Å². The number of methoxy groups -OCH3 is 1. The van der Waals surface area contributed by atoms with Gasteiger partial charge in [0.1, 0.15) is 5.75 Å². The van der Waals surface area contributed by atoms with Gasteiger partial charge in [0.2, 0.25) is 0 Å². The number of ether oxygens (including phenoxy) is 1. The lowest BCUT2D eigenvalue weighted by atomic mass is 9.96. The Balaban J connectivity index is 2.26. The highest BCUT2D eigenvalue weighted by Gasteiger charge is 2.23. The molecule has 0 aromatic heterocycles. The van der Waals surface area contributed by atoms with Crippen LogP contribution in [-0.4, -0.2) is 24.4 Å². The predicted octanol–water partition coefficient (Wildman–Crippen LogP) is 3.66. The van der Waals surface area contributed by atoms with Gasteiger partial charge in [-0.15, -0.1) is 0 Å². The lowest BCUT2D eigenvalue weighted by Crippen LogP contribution is -2.46. The highest BCUT2D eigenvalue weighted by Crippen LogP contribution is 2.25. The van der Waals surface area contributed by atoms with E-state index >= 15 is 0 Å². The molecule has 2 aromatic rings. The van der Waals surface area contributed by atoms with E-state index in [1.165, 1.54) is 16.3 Å². The van der Waals surface area contributed by atoms with Crippen molar-refractivity contribution < 1.29 is 9.84 Å². The summed E-state index contributed by atoms with van der Waals surface area (Å²) in [6.45, 7) is 6.41. The number of hydrogen-bond donors (Lipinski definition) is 2. The number of benzene rings is 2. The normalized spacial score (nSPS) is 15.7. The molecule has 0 aliphatic carbocycles. The van der Waals surface area contributed by atoms with Gasteiger partial charge in [0, 0.05) is 11.6 Å². The van der Waals surface area contributed by atoms with E-state index in [4.69, 9.17) is 4.74 Å². The van der Waals surface area contributed by atoms with Crippen LogP contribution >= 0.6 is 0 Å². The van der Waals surface area contributed by atoms with Gasteiger partial charge in [-0.25, -0.2) is 0 Å². The molecule has 0 aliphatic heterocycles. The zero-order chi connectivity index (χ0) is 15.5. The molecule has 0 amide bonds. The lowest BCUT2D eigenvalue weighted by molar-refractivity contribution is 0.159. The maximum Gasteiger partial charge on any atom is 0.119 e. The van der Waals surface area contributed by atoms with E-state index in [1.54, 1.807) is 7.11 Å². The summed E-state index contributed by atoms with van der Waals surface area (Å²) in [6.07, 6.45) is 0.888. The summed E-state index contributed by atoms with van der Waals surface area (Å²) in [7, 11) is 1.68. The fourth-order valence-corrected chi connectivity index (χ4v) is 2.50. The Morgan fingerprint density at radius 2 is 1.86 bits per heavy atom. The van der Waals surface area contributed by atoms with Gasteiger partial charge >= 0.3 is 0 Å². The maximum atomic E-state index is 9.53. The molecule has 0 heterocycles. The molecular formula is C18H25NO2. The van der Waals surface area contributed by atoms with Gasteiger partial charge in [-0.2, -0.15) is 0 Å². The molecule has 0 saturated heterocycles. The third kappa shape index (κ3) is 3.55. The SMILES string of the molecule is CCC(C)(CO)NC(C)c1ccc2cc(OC)ccc2c1. The standard InChI is InChI=1S/C18H25NO2/c1-5-18(3,12-20)19-13(2)14-6-7-16-11-17(21-4)9-8-15(16)10-14/h6-11,13,19-20H,5,12H2,1-4H3. The largest absolute Gasteiger partial charge is 0.497 e. The monoisotopic (exact) mass is 287 g/mol. The molecule has 2 rings (SSSR count). The summed E-state index contributed by atoms with van der Waals surface area (Å²) in [5, 5.41) is 15.4. The van der Waals surface area contributed by atoms with Crippen molar-refractivity contribution in [2.45, 2.75) is 38.8 Å². The van der Waals surface area contributed by atoms with Crippen molar-refractivity contribution in [3.8, 4) is 5.75 Å². The highest BCUT2D eigenvalue weighted by atomic mass is 16.5. The van der Waals surface area contributed by atoms with Gasteiger partial charge in [0.15, 0.2) is 0 Å². The topological polar surface area (TPSA) is 41.5 Å². The summed E-state index contributed by atoms with van der Waals surface area (Å²) >= 11 is 0. The second-order valence-corrected chi connectivity index (χ2v) is 5.91. The zero-order valence-electron chi connectivity index (χ0n) is 13.3. The average molecular weight is 287 g/mol. The Morgan fingerprint density at radius 1 is 1.19 bits per heavy atom. The van der Waals surface area contributed by atoms with Gasteiger partial charge in [-0.05, 0) is 54.8 Å². The molecule has 2 atom stereocenters. The summed E-state index contributed by atoms with van der Waals surface area (Å²) in [5.74, 6) is 0.875. The molecule has 0 spiro atoms. The highest BCUT2D eigenvalue weighted by molar-refractivity contribution is 5.84. The van der Waals surface area contributed by atoms with Crippen molar-refractivity contribution in [3.05, 3.63) is 42.0 Å². The minimum Gasteiger partial charge on any atom is -0.497 e. The quantitative estimate of drug-likeness (QED) is 0.852. The smallest absolute Gasteiger partial charge is 0.119 e. The third-order valence-corrected chi connectivity index (χ3v) is 4.27. The maximum absolute atomic E-state index is 9.53. The zero-order valence-corrected chi connectivity index (χ0v) is 13.3. The Bertz CT molecular complexity index is 605. The number of rotatable bonds is 6. The molecule has 0 aliphatic rings. The van der Waals surface area contributed by atoms with E-state index in [1.807, 2.05) is 12.1 Å². The molecule has 2 N–H and O–H groups in total. The first-order valence-electron chi connectivity index (χ1n) is 7.47. The molecule has 0 radical (unpaired) electrons. The Hall–Kier alpha value is -1.58. The lowest BCUT2D eigenvalue weighted by Gasteiger charge is -2.31. The number of fused-ring (bicyclic) bond motifs is 1. The van der Waals surface area contributed by atoms with Gasteiger partial charge in [0.05, 0.1) is 13.7 Å². The van der Waals surface area contributed by atoms with Gasteiger partial charge in [0.25, 0.3) is 0 Å².